The minimum atomic E-state index is -0.982. The number of hydrogen-bond acceptors (Lipinski definition) is 5. The molecule has 4 rings (SSSR count). The van der Waals surface area contributed by atoms with Crippen LogP contribution < -0.4 is 17.0 Å². The minimum absolute atomic E-state index is 0.190. The number of H-pyrrole nitrogens is 1. The van der Waals surface area contributed by atoms with Crippen molar-refractivity contribution in [2.24, 2.45) is 16.6 Å². The van der Waals surface area contributed by atoms with Crippen molar-refractivity contribution in [3.8, 4) is 11.3 Å². The molecule has 0 saturated heterocycles. The van der Waals surface area contributed by atoms with Crippen LogP contribution in [0.25, 0.3) is 17.3 Å². The van der Waals surface area contributed by atoms with E-state index in [9.17, 15) is 19.2 Å². The number of benzene rings is 2. The van der Waals surface area contributed by atoms with Crippen LogP contribution in [0.5, 0.6) is 0 Å². The van der Waals surface area contributed by atoms with Gasteiger partial charge < -0.3 is 11.5 Å². The molecule has 4 amide bonds. The van der Waals surface area contributed by atoms with Crippen molar-refractivity contribution in [2.75, 3.05) is 0 Å². The molecule has 2 aromatic carbocycles. The van der Waals surface area contributed by atoms with E-state index >= 15 is 0 Å². The summed E-state index contributed by atoms with van der Waals surface area (Å²) in [6.07, 6.45) is 6.40. The van der Waals surface area contributed by atoms with Crippen LogP contribution in [0.2, 0.25) is 0 Å². The molecule has 0 radical (unpaired) electrons. The number of nitrogens with two attached hydrogens (primary N) is 2. The Hall–Kier alpha value is -5.25. The molecule has 10 heteroatoms. The first-order valence-electron chi connectivity index (χ1n) is 10.8. The smallest absolute Gasteiger partial charge is 0.342 e. The van der Waals surface area contributed by atoms with Gasteiger partial charge in [-0.25, -0.2) is 9.59 Å². The molecule has 10 nitrogen and oxygen atoms in total. The van der Waals surface area contributed by atoms with E-state index in [0.29, 0.717) is 33.1 Å². The van der Waals surface area contributed by atoms with Gasteiger partial charge in [-0.05, 0) is 19.1 Å². The van der Waals surface area contributed by atoms with E-state index in [2.05, 4.69) is 10.2 Å². The molecule has 0 unspecified atom stereocenters. The van der Waals surface area contributed by atoms with E-state index in [4.69, 9.17) is 11.5 Å². The zero-order valence-corrected chi connectivity index (χ0v) is 19.2. The fourth-order valence-electron chi connectivity index (χ4n) is 3.59. The third kappa shape index (κ3) is 4.68. The summed E-state index contributed by atoms with van der Waals surface area (Å²) in [5.74, 6) is -0.643. The number of carbonyl (C=O) groups excluding carboxylic acids is 3. The van der Waals surface area contributed by atoms with E-state index in [1.54, 1.807) is 73.7 Å². The van der Waals surface area contributed by atoms with Crippen molar-refractivity contribution in [1.82, 2.24) is 14.8 Å². The van der Waals surface area contributed by atoms with Crippen molar-refractivity contribution >= 4 is 29.8 Å². The average molecular weight is 483 g/mol. The summed E-state index contributed by atoms with van der Waals surface area (Å²) in [6, 6.07) is 16.0. The second kappa shape index (κ2) is 9.94. The molecule has 0 spiro atoms. The Bertz CT molecular complexity index is 1530. The number of aromatic nitrogens is 2. The van der Waals surface area contributed by atoms with Crippen LogP contribution in [0.4, 0.5) is 9.59 Å². The lowest BCUT2D eigenvalue weighted by Gasteiger charge is -2.03. The number of carbonyl (C=O) groups is 3. The lowest BCUT2D eigenvalue weighted by atomic mass is 10.0. The number of hydrazone groups is 1. The predicted octanol–water partition coefficient (Wildman–Crippen LogP) is 2.98. The number of aromatic amines is 1. The molecule has 0 bridgehead atoms. The quantitative estimate of drug-likeness (QED) is 0.377. The van der Waals surface area contributed by atoms with Crippen LogP contribution in [0, 0.1) is 0 Å². The molecule has 0 fully saturated rings. The van der Waals surface area contributed by atoms with Crippen molar-refractivity contribution < 1.29 is 14.4 Å². The Morgan fingerprint density at radius 3 is 2.11 bits per heavy atom. The molecule has 180 valence electrons. The fraction of sp³-hybridized carbons (Fsp3) is 0.0385. The average Bonchev–Trinajstić information content (AvgIpc) is 3.39. The van der Waals surface area contributed by atoms with Gasteiger partial charge in [0.1, 0.15) is 5.71 Å². The van der Waals surface area contributed by atoms with Gasteiger partial charge in [0.05, 0.1) is 16.8 Å². The maximum Gasteiger partial charge on any atom is 0.342 e. The lowest BCUT2D eigenvalue weighted by Crippen LogP contribution is -2.33. The molecule has 1 aromatic heterocycles. The highest BCUT2D eigenvalue weighted by molar-refractivity contribution is 6.33. The number of imide groups is 1. The standard InChI is InChI=1S/C26H22N6O4/c1-16(12-14-19-21(17-8-4-2-5-9-17)29-31(23(19)33)25(27)35)13-15-20-22(18-10-6-3-7-11-18)30-32(24(20)34)26(28)36/h2-15,29H,1H3,(H2,27,35)(H2,28,36). The maximum absolute atomic E-state index is 12.8. The van der Waals surface area contributed by atoms with Crippen LogP contribution in [-0.2, 0) is 4.79 Å². The molecule has 1 aliphatic rings. The predicted molar refractivity (Wildman–Crippen MR) is 136 cm³/mol. The van der Waals surface area contributed by atoms with Gasteiger partial charge >= 0.3 is 12.1 Å². The molecule has 0 atom stereocenters. The number of rotatable bonds is 5. The molecule has 5 N–H and O–H groups in total. The van der Waals surface area contributed by atoms with Gasteiger partial charge in [0.25, 0.3) is 11.5 Å². The van der Waals surface area contributed by atoms with Gasteiger partial charge in [-0.3, -0.25) is 14.7 Å². The fourth-order valence-corrected chi connectivity index (χ4v) is 3.59. The second-order valence-corrected chi connectivity index (χ2v) is 7.84. The molecule has 1 aliphatic heterocycles. The van der Waals surface area contributed by atoms with Crippen LogP contribution in [-0.4, -0.2) is 38.5 Å². The topological polar surface area (TPSA) is 157 Å². The Balaban J connectivity index is 1.70. The number of hydrogen-bond donors (Lipinski definition) is 3. The molecule has 36 heavy (non-hydrogen) atoms. The zero-order chi connectivity index (χ0) is 25.8. The Morgan fingerprint density at radius 1 is 0.917 bits per heavy atom. The Kier molecular flexibility index (Phi) is 6.59. The molecule has 2 heterocycles. The van der Waals surface area contributed by atoms with Gasteiger partial charge in [-0.1, -0.05) is 78.4 Å². The first kappa shape index (κ1) is 23.9. The van der Waals surface area contributed by atoms with Crippen molar-refractivity contribution in [3.63, 3.8) is 0 Å². The first-order chi connectivity index (χ1) is 17.3. The zero-order valence-electron chi connectivity index (χ0n) is 19.2. The molecule has 0 aliphatic carbocycles. The molecule has 3 aromatic rings. The number of nitrogens with zero attached hydrogens (tertiary/aromatic N) is 3. The Labute approximate surface area is 205 Å². The van der Waals surface area contributed by atoms with E-state index in [1.165, 1.54) is 6.08 Å². The van der Waals surface area contributed by atoms with Crippen LogP contribution in [0.15, 0.2) is 99.9 Å². The summed E-state index contributed by atoms with van der Waals surface area (Å²) in [4.78, 5) is 48.9. The Morgan fingerprint density at radius 2 is 1.53 bits per heavy atom. The summed E-state index contributed by atoms with van der Waals surface area (Å²) in [5.41, 5.74) is 13.2. The summed E-state index contributed by atoms with van der Waals surface area (Å²) in [6.45, 7) is 1.76. The maximum atomic E-state index is 12.8. The first-order valence-corrected chi connectivity index (χ1v) is 10.8. The number of allylic oxidation sites excluding steroid dienone is 4. The minimum Gasteiger partial charge on any atom is -0.350 e. The molecular formula is C26H22N6O4. The molecular weight excluding hydrogens is 460 g/mol. The summed E-state index contributed by atoms with van der Waals surface area (Å²) >= 11 is 0. The van der Waals surface area contributed by atoms with Gasteiger partial charge in [0, 0.05) is 11.1 Å². The van der Waals surface area contributed by atoms with E-state index in [-0.39, 0.29) is 11.1 Å². The monoisotopic (exact) mass is 482 g/mol. The van der Waals surface area contributed by atoms with Crippen molar-refractivity contribution in [3.05, 3.63) is 112 Å². The van der Waals surface area contributed by atoms with Gasteiger partial charge in [-0.2, -0.15) is 9.78 Å². The van der Waals surface area contributed by atoms with E-state index in [1.807, 2.05) is 12.1 Å². The van der Waals surface area contributed by atoms with Crippen molar-refractivity contribution in [2.45, 2.75) is 6.92 Å². The third-order valence-electron chi connectivity index (χ3n) is 5.37. The lowest BCUT2D eigenvalue weighted by molar-refractivity contribution is -0.122. The van der Waals surface area contributed by atoms with E-state index < -0.39 is 23.5 Å². The SMILES string of the molecule is CC(C=Cc1c(-c2ccccc2)[nH]n(C(N)=O)c1=O)=CC=C1C(=O)N(C(N)=O)N=C1c1ccccc1. The van der Waals surface area contributed by atoms with Gasteiger partial charge in [-0.15, -0.1) is 5.01 Å². The number of nitrogens with one attached hydrogen (secondary N) is 1. The largest absolute Gasteiger partial charge is 0.350 e. The molecule has 0 saturated carbocycles. The highest BCUT2D eigenvalue weighted by atomic mass is 16.2. The summed E-state index contributed by atoms with van der Waals surface area (Å²) in [7, 11) is 0. The summed E-state index contributed by atoms with van der Waals surface area (Å²) in [5, 5.41) is 7.45. The van der Waals surface area contributed by atoms with Crippen LogP contribution in [0.3, 0.4) is 0 Å². The number of amides is 4. The second-order valence-electron chi connectivity index (χ2n) is 7.84. The number of urea groups is 1. The van der Waals surface area contributed by atoms with Gasteiger partial charge in [0.15, 0.2) is 0 Å². The normalized spacial score (nSPS) is 15.1. The highest BCUT2D eigenvalue weighted by Crippen LogP contribution is 2.22. The summed E-state index contributed by atoms with van der Waals surface area (Å²) < 4.78 is 0.737. The highest BCUT2D eigenvalue weighted by Gasteiger charge is 2.33. The van der Waals surface area contributed by atoms with E-state index in [0.717, 1.165) is 4.68 Å². The van der Waals surface area contributed by atoms with Crippen LogP contribution in [0.1, 0.15) is 18.1 Å². The van der Waals surface area contributed by atoms with Gasteiger partial charge in [0.2, 0.25) is 0 Å². The number of primary amides is 2. The third-order valence-corrected chi connectivity index (χ3v) is 5.37. The van der Waals surface area contributed by atoms with Crippen LogP contribution >= 0.6 is 0 Å². The van der Waals surface area contributed by atoms with Crippen molar-refractivity contribution in [1.29, 1.82) is 0 Å².